The standard InChI is InChI=1S/C60H94N14O10.4ClH/c1-33(2)25-43-53(77)69-45(27-37-17-11-9-12-18-37)59(83)73-31-39(63)29-47(73)55(79)72-50(36(7)8)58(82)66-42(22-16-24-62)52(76)68-44(26-34(3)4)54(78)70-46(28-38-19-13-10-14-20-38)60(84)74-32-40(64)30-48(74)56(80)71-49(35(5)6)57(81)65-41(21-15-23-61)51(75)67-43;;;;/h9-14,17-20,33-36,39-50H,15-16,21-32,61-64H2,1-8H3,(H,65,81)(H,66,82)(H,67,75)(H,68,76)(H,69,77)(H,70,78)(H,71,80)(H,72,79);4*1H/t39-,40-,41+,42+,43+,44+,45+,46+,47+,48+,49+,50+;;;;/m1..../s1. The van der Waals surface area contributed by atoms with Crippen LogP contribution in [0, 0.1) is 23.7 Å². The van der Waals surface area contributed by atoms with Crippen LogP contribution in [0.2, 0.25) is 0 Å². The molecule has 0 aliphatic carbocycles. The Balaban J connectivity index is 0.00000968. The second-order valence-corrected chi connectivity index (χ2v) is 24.7. The molecule has 0 saturated carbocycles. The predicted molar refractivity (Wildman–Crippen MR) is 312 cm³/mol. The smallest absolute Gasteiger partial charge is 0.246 e. The Hall–Kier alpha value is -5.86. The number of halogens is 4. The summed E-state index contributed by atoms with van der Waals surface area (Å²) >= 11 is 0. The third kappa shape index (κ3) is 23.5. The van der Waals surface area contributed by atoms with Gasteiger partial charge >= 0.3 is 0 Å². The van der Waals surface area contributed by atoms with Crippen LogP contribution in [0.3, 0.4) is 0 Å². The number of benzene rings is 2. The average molecular weight is 1320 g/mol. The first kappa shape index (κ1) is 80.2. The van der Waals surface area contributed by atoms with Gasteiger partial charge in [0.25, 0.3) is 0 Å². The summed E-state index contributed by atoms with van der Waals surface area (Å²) in [7, 11) is 0. The van der Waals surface area contributed by atoms with Gasteiger partial charge in [-0.1, -0.05) is 116 Å². The van der Waals surface area contributed by atoms with Crippen LogP contribution in [0.25, 0.3) is 0 Å². The molecule has 2 aromatic carbocycles. The molecule has 10 amide bonds. The minimum atomic E-state index is -1.25. The molecule has 3 heterocycles. The lowest BCUT2D eigenvalue weighted by molar-refractivity contribution is -0.414. The Bertz CT molecular complexity index is 2420. The van der Waals surface area contributed by atoms with E-state index in [1.807, 2.05) is 39.8 Å². The fraction of sp³-hybridized carbons (Fsp3) is 0.633. The van der Waals surface area contributed by atoms with Gasteiger partial charge in [0.2, 0.25) is 59.1 Å². The van der Waals surface area contributed by atoms with Crippen molar-refractivity contribution in [1.29, 1.82) is 0 Å². The maximum absolute atomic E-state index is 15.0. The lowest BCUT2D eigenvalue weighted by Gasteiger charge is -2.32. The summed E-state index contributed by atoms with van der Waals surface area (Å²) in [6, 6.07) is 5.21. The van der Waals surface area contributed by atoms with Crippen LogP contribution < -0.4 is 115 Å². The topological polar surface area (TPSA) is 384 Å². The van der Waals surface area contributed by atoms with Crippen molar-refractivity contribution < 1.29 is 121 Å². The quantitative estimate of drug-likeness (QED) is 0.0753. The van der Waals surface area contributed by atoms with Crippen LogP contribution in [-0.4, -0.2) is 168 Å². The van der Waals surface area contributed by atoms with Crippen molar-refractivity contribution in [3.05, 3.63) is 71.8 Å². The largest absolute Gasteiger partial charge is 1.00 e. The summed E-state index contributed by atoms with van der Waals surface area (Å²) in [5.41, 5.74) is 17.7. The van der Waals surface area contributed by atoms with E-state index in [0.29, 0.717) is 37.1 Å². The molecule has 88 heavy (non-hydrogen) atoms. The van der Waals surface area contributed by atoms with E-state index in [0.717, 1.165) is 0 Å². The molecule has 0 bridgehead atoms. The van der Waals surface area contributed by atoms with Gasteiger partial charge in [0.1, 0.15) is 72.5 Å². The maximum Gasteiger partial charge on any atom is 0.246 e. The molecule has 0 spiro atoms. The van der Waals surface area contributed by atoms with Crippen molar-refractivity contribution in [2.75, 3.05) is 26.2 Å². The number of rotatable bonds is 16. The van der Waals surface area contributed by atoms with Gasteiger partial charge < -0.3 is 125 Å². The number of amides is 10. The molecular formula is C60H98Cl4N14O10. The van der Waals surface area contributed by atoms with Gasteiger partial charge in [-0.25, -0.2) is 0 Å². The molecule has 0 radical (unpaired) electrons. The SMILES string of the molecule is CC(C)C[C@@H]1NC(=O)[C@H](CCC[NH3+])NC(=O)[C@H](C(C)C)NC(=O)[C@@H]2C[C@@H]([NH3+])CN2C(=O)[C@H](Cc2ccccc2)NC(=O)[C@H](CC(C)C)NC(=O)[C@H](CCC[NH3+])NC(=O)[C@H](C(C)C)NC(=O)[C@@H]2C[C@@H]([NH3+])CN2C(=O)[C@H](Cc2ccccc2)NC1=O.[Cl-].[Cl-].[Cl-].[Cl-]. The van der Waals surface area contributed by atoms with Crippen LogP contribution in [-0.2, 0) is 60.8 Å². The highest BCUT2D eigenvalue weighted by molar-refractivity contribution is 6.00. The predicted octanol–water partition coefficient (Wildman–Crippen LogP) is -15.7. The van der Waals surface area contributed by atoms with Gasteiger partial charge in [-0.3, -0.25) is 47.9 Å². The molecule has 2 aromatic rings. The average Bonchev–Trinajstić information content (AvgIpc) is 4.27. The summed E-state index contributed by atoms with van der Waals surface area (Å²) in [4.78, 5) is 150. The monoisotopic (exact) mass is 1310 g/mol. The Morgan fingerprint density at radius 1 is 0.409 bits per heavy atom. The Labute approximate surface area is 542 Å². The van der Waals surface area contributed by atoms with E-state index in [4.69, 9.17) is 0 Å². The van der Waals surface area contributed by atoms with E-state index in [1.54, 1.807) is 76.2 Å². The molecule has 5 rings (SSSR count). The minimum absolute atomic E-state index is 0. The van der Waals surface area contributed by atoms with E-state index in [-0.39, 0.29) is 126 Å². The van der Waals surface area contributed by atoms with Crippen molar-refractivity contribution in [3.8, 4) is 0 Å². The molecule has 0 unspecified atom stereocenters. The zero-order valence-electron chi connectivity index (χ0n) is 52.2. The van der Waals surface area contributed by atoms with E-state index in [9.17, 15) is 38.4 Å². The highest BCUT2D eigenvalue weighted by atomic mass is 35.5. The first-order valence-electron chi connectivity index (χ1n) is 30.2. The second-order valence-electron chi connectivity index (χ2n) is 24.7. The Kier molecular flexibility index (Phi) is 35.2. The zero-order valence-corrected chi connectivity index (χ0v) is 55.3. The van der Waals surface area contributed by atoms with E-state index >= 15 is 9.59 Å². The molecule has 3 saturated heterocycles. The van der Waals surface area contributed by atoms with Crippen molar-refractivity contribution in [1.82, 2.24) is 52.3 Å². The van der Waals surface area contributed by atoms with Gasteiger partial charge in [-0.2, -0.15) is 0 Å². The summed E-state index contributed by atoms with van der Waals surface area (Å²) in [5, 5.41) is 23.0. The summed E-state index contributed by atoms with van der Waals surface area (Å²) < 4.78 is 0. The van der Waals surface area contributed by atoms with E-state index in [1.165, 1.54) is 9.80 Å². The molecule has 3 fully saturated rings. The molecular weight excluding hydrogens is 1220 g/mol. The number of quaternary nitrogens is 4. The molecule has 0 aromatic heterocycles. The van der Waals surface area contributed by atoms with E-state index < -0.39 is 143 Å². The first-order valence-corrected chi connectivity index (χ1v) is 30.2. The van der Waals surface area contributed by atoms with Crippen molar-refractivity contribution >= 4 is 59.1 Å². The van der Waals surface area contributed by atoms with Gasteiger partial charge in [0.05, 0.1) is 26.2 Å². The van der Waals surface area contributed by atoms with Crippen molar-refractivity contribution in [2.24, 2.45) is 23.7 Å². The number of carbonyl (C=O) groups is 10. The molecule has 28 heteroatoms. The lowest BCUT2D eigenvalue weighted by atomic mass is 9.98. The molecule has 3 aliphatic rings. The second kappa shape index (κ2) is 38.6. The molecule has 20 N–H and O–H groups in total. The van der Waals surface area contributed by atoms with Crippen LogP contribution in [0.1, 0.15) is 118 Å². The third-order valence-electron chi connectivity index (χ3n) is 15.7. The van der Waals surface area contributed by atoms with Crippen LogP contribution >= 0.6 is 0 Å². The number of nitrogens with zero attached hydrogens (tertiary/aromatic N) is 2. The maximum atomic E-state index is 15.0. The number of nitrogens with one attached hydrogen (secondary N) is 8. The molecule has 3 aliphatic heterocycles. The lowest BCUT2D eigenvalue weighted by Crippen LogP contribution is -3.00. The fourth-order valence-corrected chi connectivity index (χ4v) is 11.2. The van der Waals surface area contributed by atoms with Crippen LogP contribution in [0.15, 0.2) is 60.7 Å². The number of fused-ring (bicyclic) bond motifs is 2. The first-order chi connectivity index (χ1) is 39.8. The van der Waals surface area contributed by atoms with Crippen LogP contribution in [0.5, 0.6) is 0 Å². The third-order valence-corrected chi connectivity index (χ3v) is 15.7. The van der Waals surface area contributed by atoms with Crippen molar-refractivity contribution in [2.45, 2.75) is 192 Å². The number of carbonyl (C=O) groups excluding carboxylic acids is 10. The summed E-state index contributed by atoms with van der Waals surface area (Å²) in [6.45, 7) is 15.3. The number of hydrogen-bond acceptors (Lipinski definition) is 10. The normalized spacial score (nSPS) is 26.7. The van der Waals surface area contributed by atoms with Crippen LogP contribution in [0.4, 0.5) is 0 Å². The fourth-order valence-electron chi connectivity index (χ4n) is 11.2. The summed E-state index contributed by atoms with van der Waals surface area (Å²) in [6.07, 6.45) is 1.59. The van der Waals surface area contributed by atoms with Gasteiger partial charge in [0, 0.05) is 25.7 Å². The zero-order chi connectivity index (χ0) is 61.9. The van der Waals surface area contributed by atoms with Gasteiger partial charge in [0.15, 0.2) is 0 Å². The number of hydrogen-bond donors (Lipinski definition) is 12. The molecule has 496 valence electrons. The molecule has 24 nitrogen and oxygen atoms in total. The minimum Gasteiger partial charge on any atom is -1.00 e. The molecule has 12 atom stereocenters. The van der Waals surface area contributed by atoms with Gasteiger partial charge in [-0.15, -0.1) is 0 Å². The highest BCUT2D eigenvalue weighted by Crippen LogP contribution is 2.23. The van der Waals surface area contributed by atoms with Gasteiger partial charge in [-0.05, 0) is 73.3 Å². The van der Waals surface area contributed by atoms with Crippen molar-refractivity contribution in [3.63, 3.8) is 0 Å². The van der Waals surface area contributed by atoms with E-state index in [2.05, 4.69) is 65.5 Å². The Morgan fingerprint density at radius 3 is 1.00 bits per heavy atom. The summed E-state index contributed by atoms with van der Waals surface area (Å²) in [5.74, 6) is -7.91. The highest BCUT2D eigenvalue weighted by Gasteiger charge is 2.47. The Morgan fingerprint density at radius 2 is 0.705 bits per heavy atom.